The van der Waals surface area contributed by atoms with E-state index in [2.05, 4.69) is 20.5 Å². The Hall–Kier alpha value is -2.41. The number of carbonyl (C=O) groups excluding carboxylic acids is 1. The zero-order valence-electron chi connectivity index (χ0n) is 13.5. The summed E-state index contributed by atoms with van der Waals surface area (Å²) >= 11 is 1.66. The number of carbonyl (C=O) groups is 1. The van der Waals surface area contributed by atoms with Crippen LogP contribution in [0.15, 0.2) is 30.5 Å². The molecule has 2 aromatic heterocycles. The third-order valence-electron chi connectivity index (χ3n) is 4.42. The van der Waals surface area contributed by atoms with Crippen LogP contribution in [0.3, 0.4) is 0 Å². The number of hydrogen-bond donors (Lipinski definition) is 2. The maximum atomic E-state index is 12.6. The van der Waals surface area contributed by atoms with Crippen LogP contribution in [0.25, 0.3) is 10.2 Å². The summed E-state index contributed by atoms with van der Waals surface area (Å²) in [4.78, 5) is 19.0. The molecule has 24 heavy (non-hydrogen) atoms. The minimum absolute atomic E-state index is 0.0504. The van der Waals surface area contributed by atoms with Gasteiger partial charge in [-0.1, -0.05) is 0 Å². The Morgan fingerprint density at radius 1 is 1.42 bits per heavy atom. The second-order valence-corrected chi connectivity index (χ2v) is 7.38. The zero-order valence-corrected chi connectivity index (χ0v) is 14.3. The van der Waals surface area contributed by atoms with Crippen molar-refractivity contribution in [2.75, 3.05) is 18.4 Å². The molecule has 0 bridgehead atoms. The second kappa shape index (κ2) is 6.24. The van der Waals surface area contributed by atoms with Gasteiger partial charge in [0.05, 0.1) is 15.2 Å². The van der Waals surface area contributed by atoms with Crippen LogP contribution in [0.1, 0.15) is 29.5 Å². The first-order chi connectivity index (χ1) is 11.7. The van der Waals surface area contributed by atoms with Gasteiger partial charge in [0, 0.05) is 36.6 Å². The predicted octanol–water partition coefficient (Wildman–Crippen LogP) is 3.74. The van der Waals surface area contributed by atoms with E-state index in [-0.39, 0.29) is 6.03 Å². The van der Waals surface area contributed by atoms with Crippen molar-refractivity contribution in [2.45, 2.75) is 25.7 Å². The maximum Gasteiger partial charge on any atom is 0.321 e. The monoisotopic (exact) mass is 341 g/mol. The average Bonchev–Trinajstić information content (AvgIpc) is 3.23. The lowest BCUT2D eigenvalue weighted by Crippen LogP contribution is -2.41. The maximum absolute atomic E-state index is 12.6. The summed E-state index contributed by atoms with van der Waals surface area (Å²) < 4.78 is 1.14. The number of H-pyrrole nitrogens is 1. The summed E-state index contributed by atoms with van der Waals surface area (Å²) in [6.07, 6.45) is 3.84. The Labute approximate surface area is 143 Å². The Kier molecular flexibility index (Phi) is 3.93. The zero-order chi connectivity index (χ0) is 16.5. The average molecular weight is 341 g/mol. The van der Waals surface area contributed by atoms with Crippen LogP contribution >= 0.6 is 11.3 Å². The lowest BCUT2D eigenvalue weighted by atomic mass is 9.95. The minimum Gasteiger partial charge on any atom is -0.324 e. The number of aromatic amines is 1. The number of rotatable bonds is 2. The number of amides is 2. The molecular formula is C17H19N5OS. The molecule has 2 amide bonds. The molecule has 4 rings (SSSR count). The van der Waals surface area contributed by atoms with Crippen molar-refractivity contribution in [1.82, 2.24) is 20.1 Å². The number of hydrogen-bond acceptors (Lipinski definition) is 4. The highest BCUT2D eigenvalue weighted by Gasteiger charge is 2.25. The second-order valence-electron chi connectivity index (χ2n) is 6.14. The van der Waals surface area contributed by atoms with Gasteiger partial charge in [-0.25, -0.2) is 9.78 Å². The van der Waals surface area contributed by atoms with Crippen LogP contribution in [0.5, 0.6) is 0 Å². The molecule has 0 radical (unpaired) electrons. The summed E-state index contributed by atoms with van der Waals surface area (Å²) in [5.74, 6) is 0.329. The molecule has 1 aliphatic heterocycles. The number of thiazole rings is 1. The highest BCUT2D eigenvalue weighted by Crippen LogP contribution is 2.27. The van der Waals surface area contributed by atoms with Crippen LogP contribution in [0, 0.1) is 6.92 Å². The number of nitrogens with zero attached hydrogens (tertiary/aromatic N) is 3. The van der Waals surface area contributed by atoms with E-state index in [0.29, 0.717) is 12.5 Å². The van der Waals surface area contributed by atoms with Gasteiger partial charge in [-0.05, 0) is 44.0 Å². The van der Waals surface area contributed by atoms with Crippen molar-refractivity contribution < 1.29 is 4.79 Å². The SMILES string of the molecule is Cc1nc2cc(NC(=O)N3CCCC(c4ccn[nH]4)C3)ccc2s1. The van der Waals surface area contributed by atoms with Crippen molar-refractivity contribution in [3.05, 3.63) is 41.2 Å². The minimum atomic E-state index is -0.0504. The van der Waals surface area contributed by atoms with E-state index in [4.69, 9.17) is 0 Å². The molecule has 3 heterocycles. The van der Waals surface area contributed by atoms with Gasteiger partial charge in [0.2, 0.25) is 0 Å². The van der Waals surface area contributed by atoms with Crippen LogP contribution < -0.4 is 5.32 Å². The van der Waals surface area contributed by atoms with Crippen molar-refractivity contribution in [3.8, 4) is 0 Å². The Balaban J connectivity index is 1.46. The topological polar surface area (TPSA) is 73.9 Å². The van der Waals surface area contributed by atoms with Gasteiger partial charge in [-0.3, -0.25) is 5.10 Å². The number of aromatic nitrogens is 3. The number of urea groups is 1. The number of nitrogens with one attached hydrogen (secondary N) is 2. The molecular weight excluding hydrogens is 322 g/mol. The molecule has 1 aliphatic rings. The third kappa shape index (κ3) is 2.99. The molecule has 124 valence electrons. The molecule has 1 fully saturated rings. The van der Waals surface area contributed by atoms with E-state index in [1.165, 1.54) is 0 Å². The molecule has 0 aliphatic carbocycles. The number of piperidine rings is 1. The summed E-state index contributed by atoms with van der Waals surface area (Å²) in [6.45, 7) is 3.49. The van der Waals surface area contributed by atoms with E-state index in [0.717, 1.165) is 46.0 Å². The summed E-state index contributed by atoms with van der Waals surface area (Å²) in [5.41, 5.74) is 2.83. The number of aryl methyl sites for hydroxylation is 1. The molecule has 1 atom stereocenters. The number of likely N-dealkylation sites (tertiary alicyclic amines) is 1. The molecule has 0 spiro atoms. The van der Waals surface area contributed by atoms with Gasteiger partial charge < -0.3 is 10.2 Å². The van der Waals surface area contributed by atoms with Crippen LogP contribution in [0.2, 0.25) is 0 Å². The van der Waals surface area contributed by atoms with Gasteiger partial charge in [-0.15, -0.1) is 11.3 Å². The molecule has 6 nitrogen and oxygen atoms in total. The fourth-order valence-electron chi connectivity index (χ4n) is 3.23. The normalized spacial score (nSPS) is 18.0. The molecule has 2 N–H and O–H groups in total. The fourth-order valence-corrected chi connectivity index (χ4v) is 4.04. The fraction of sp³-hybridized carbons (Fsp3) is 0.353. The standard InChI is InChI=1S/C17H19N5OS/c1-11-19-15-9-13(4-5-16(15)24-11)20-17(23)22-8-2-3-12(10-22)14-6-7-18-21-14/h4-7,9,12H,2-3,8,10H2,1H3,(H,18,21)(H,20,23). The highest BCUT2D eigenvalue weighted by atomic mass is 32.1. The van der Waals surface area contributed by atoms with E-state index < -0.39 is 0 Å². The number of fused-ring (bicyclic) bond motifs is 1. The number of benzene rings is 1. The quantitative estimate of drug-likeness (QED) is 0.746. The third-order valence-corrected chi connectivity index (χ3v) is 5.37. The first-order valence-electron chi connectivity index (χ1n) is 8.11. The van der Waals surface area contributed by atoms with Crippen molar-refractivity contribution in [1.29, 1.82) is 0 Å². The molecule has 1 unspecified atom stereocenters. The van der Waals surface area contributed by atoms with Crippen molar-refractivity contribution >= 4 is 33.3 Å². The van der Waals surface area contributed by atoms with Crippen LogP contribution in [0.4, 0.5) is 10.5 Å². The highest BCUT2D eigenvalue weighted by molar-refractivity contribution is 7.18. The Morgan fingerprint density at radius 3 is 3.17 bits per heavy atom. The van der Waals surface area contributed by atoms with Crippen LogP contribution in [-0.2, 0) is 0 Å². The summed E-state index contributed by atoms with van der Waals surface area (Å²) in [5, 5.41) is 11.1. The summed E-state index contributed by atoms with van der Waals surface area (Å²) in [7, 11) is 0. The van der Waals surface area contributed by atoms with Gasteiger partial charge >= 0.3 is 6.03 Å². The van der Waals surface area contributed by atoms with E-state index in [9.17, 15) is 4.79 Å². The first-order valence-corrected chi connectivity index (χ1v) is 8.93. The molecule has 7 heteroatoms. The Bertz CT molecular complexity index is 857. The van der Waals surface area contributed by atoms with Gasteiger partial charge in [0.15, 0.2) is 0 Å². The lowest BCUT2D eigenvalue weighted by Gasteiger charge is -2.32. The van der Waals surface area contributed by atoms with E-state index in [1.807, 2.05) is 36.1 Å². The first kappa shape index (κ1) is 15.1. The molecule has 3 aromatic rings. The predicted molar refractivity (Wildman–Crippen MR) is 95.5 cm³/mol. The van der Waals surface area contributed by atoms with E-state index >= 15 is 0 Å². The largest absolute Gasteiger partial charge is 0.324 e. The van der Waals surface area contributed by atoms with Crippen molar-refractivity contribution in [2.24, 2.45) is 0 Å². The van der Waals surface area contributed by atoms with Crippen molar-refractivity contribution in [3.63, 3.8) is 0 Å². The molecule has 1 saturated heterocycles. The number of anilines is 1. The Morgan fingerprint density at radius 2 is 2.33 bits per heavy atom. The van der Waals surface area contributed by atoms with Gasteiger partial charge in [-0.2, -0.15) is 5.10 Å². The van der Waals surface area contributed by atoms with E-state index in [1.54, 1.807) is 17.5 Å². The van der Waals surface area contributed by atoms with Gasteiger partial charge in [0.25, 0.3) is 0 Å². The lowest BCUT2D eigenvalue weighted by molar-refractivity contribution is 0.192. The smallest absolute Gasteiger partial charge is 0.321 e. The molecule has 1 aromatic carbocycles. The van der Waals surface area contributed by atoms with Gasteiger partial charge in [0.1, 0.15) is 0 Å². The molecule has 0 saturated carbocycles. The van der Waals surface area contributed by atoms with Crippen LogP contribution in [-0.4, -0.2) is 39.2 Å². The summed E-state index contributed by atoms with van der Waals surface area (Å²) in [6, 6.07) is 7.83.